The third-order valence-corrected chi connectivity index (χ3v) is 6.61. The molecule has 0 radical (unpaired) electrons. The highest BCUT2D eigenvalue weighted by Gasteiger charge is 2.36. The molecule has 1 fully saturated rings. The number of carbonyl (C=O) groups is 5. The van der Waals surface area contributed by atoms with Crippen LogP contribution in [-0.4, -0.2) is 52.2 Å². The van der Waals surface area contributed by atoms with Gasteiger partial charge in [-0.2, -0.15) is 0 Å². The molecule has 0 atom stereocenters. The molecule has 1 saturated heterocycles. The Labute approximate surface area is 231 Å². The van der Waals surface area contributed by atoms with Gasteiger partial charge in [-0.05, 0) is 60.6 Å². The van der Waals surface area contributed by atoms with E-state index in [1.54, 1.807) is 24.3 Å². The summed E-state index contributed by atoms with van der Waals surface area (Å²) in [5.74, 6) is -2.40. The average molecular weight is 569 g/mol. The number of halogens is 1. The van der Waals surface area contributed by atoms with Crippen molar-refractivity contribution < 1.29 is 38.2 Å². The van der Waals surface area contributed by atoms with Gasteiger partial charge in [0.1, 0.15) is 18.1 Å². The Morgan fingerprint density at radius 2 is 1.92 bits per heavy atom. The second-order valence-electron chi connectivity index (χ2n) is 8.23. The number of carboxylic acids is 1. The van der Waals surface area contributed by atoms with Crippen molar-refractivity contribution in [1.82, 2.24) is 4.90 Å². The van der Waals surface area contributed by atoms with Crippen LogP contribution in [0, 0.1) is 0 Å². The van der Waals surface area contributed by atoms with Crippen LogP contribution in [0.3, 0.4) is 0 Å². The molecule has 0 saturated carbocycles. The van der Waals surface area contributed by atoms with Crippen LogP contribution in [-0.2, 0) is 14.3 Å². The number of esters is 1. The standard InChI is InChI=1S/C27H21ClN2O8S/c1-2-10-37-26(35)19-12-17(6-8-20(19)28)29-23(31)14-30-24(32)22(39-27(30)36)13-18-7-9-21(38-18)15-4-3-5-16(11-15)25(33)34/h3-9,11-13H,2,10,14H2,1H3,(H,29,31)(H,33,34)/b22-13+. The second-order valence-corrected chi connectivity index (χ2v) is 9.63. The highest BCUT2D eigenvalue weighted by molar-refractivity contribution is 8.18. The minimum Gasteiger partial charge on any atom is -0.478 e. The van der Waals surface area contributed by atoms with Crippen LogP contribution in [0.2, 0.25) is 5.02 Å². The van der Waals surface area contributed by atoms with Gasteiger partial charge < -0.3 is 19.6 Å². The molecule has 1 aromatic heterocycles. The number of imide groups is 1. The van der Waals surface area contributed by atoms with E-state index in [9.17, 15) is 29.1 Å². The lowest BCUT2D eigenvalue weighted by atomic mass is 10.1. The van der Waals surface area contributed by atoms with Crippen molar-refractivity contribution in [3.05, 3.63) is 81.4 Å². The summed E-state index contributed by atoms with van der Waals surface area (Å²) >= 11 is 6.72. The van der Waals surface area contributed by atoms with Gasteiger partial charge in [0.25, 0.3) is 11.1 Å². The Morgan fingerprint density at radius 3 is 2.67 bits per heavy atom. The van der Waals surface area contributed by atoms with Gasteiger partial charge in [0.15, 0.2) is 0 Å². The van der Waals surface area contributed by atoms with Crippen LogP contribution >= 0.6 is 23.4 Å². The number of nitrogens with one attached hydrogen (secondary N) is 1. The number of carbonyl (C=O) groups excluding carboxylic acids is 4. The fraction of sp³-hybridized carbons (Fsp3) is 0.148. The van der Waals surface area contributed by atoms with E-state index in [1.807, 2.05) is 6.92 Å². The van der Waals surface area contributed by atoms with Gasteiger partial charge in [0.2, 0.25) is 5.91 Å². The molecule has 0 bridgehead atoms. The zero-order chi connectivity index (χ0) is 28.1. The summed E-state index contributed by atoms with van der Waals surface area (Å²) in [6.07, 6.45) is 2.01. The first-order valence-electron chi connectivity index (χ1n) is 11.6. The molecule has 0 spiro atoms. The number of carboxylic acid groups (broad SMARTS) is 1. The van der Waals surface area contributed by atoms with Crippen molar-refractivity contribution in [3.63, 3.8) is 0 Å². The van der Waals surface area contributed by atoms with E-state index < -0.39 is 35.5 Å². The molecule has 2 aromatic carbocycles. The summed E-state index contributed by atoms with van der Waals surface area (Å²) in [7, 11) is 0. The highest BCUT2D eigenvalue weighted by atomic mass is 35.5. The van der Waals surface area contributed by atoms with Crippen molar-refractivity contribution in [2.24, 2.45) is 0 Å². The maximum Gasteiger partial charge on any atom is 0.339 e. The Hall–Kier alpha value is -4.35. The molecule has 10 nitrogen and oxygen atoms in total. The van der Waals surface area contributed by atoms with Crippen molar-refractivity contribution in [3.8, 4) is 11.3 Å². The van der Waals surface area contributed by atoms with Crippen LogP contribution in [0.5, 0.6) is 0 Å². The molecule has 1 aliphatic rings. The summed E-state index contributed by atoms with van der Waals surface area (Å²) in [5.41, 5.74) is 0.939. The number of rotatable bonds is 9. The monoisotopic (exact) mass is 568 g/mol. The Balaban J connectivity index is 1.43. The Bertz CT molecular complexity index is 1510. The van der Waals surface area contributed by atoms with E-state index in [1.165, 1.54) is 36.4 Å². The largest absolute Gasteiger partial charge is 0.478 e. The first-order chi connectivity index (χ1) is 18.7. The van der Waals surface area contributed by atoms with Crippen LogP contribution in [0.25, 0.3) is 17.4 Å². The zero-order valence-corrected chi connectivity index (χ0v) is 22.0. The predicted octanol–water partition coefficient (Wildman–Crippen LogP) is 5.54. The molecule has 1 aliphatic heterocycles. The van der Waals surface area contributed by atoms with Crippen LogP contribution in [0.15, 0.2) is 63.9 Å². The minimum absolute atomic E-state index is 0.0560. The molecule has 0 unspecified atom stereocenters. The molecule has 3 aromatic rings. The molecule has 2 N–H and O–H groups in total. The van der Waals surface area contributed by atoms with E-state index in [-0.39, 0.29) is 39.1 Å². The number of ether oxygens (including phenoxy) is 1. The van der Waals surface area contributed by atoms with Crippen molar-refractivity contribution in [1.29, 1.82) is 0 Å². The SMILES string of the molecule is CCCOC(=O)c1cc(NC(=O)CN2C(=O)S/C(=C/c3ccc(-c4cccc(C(=O)O)c4)o3)C2=O)ccc1Cl. The average Bonchev–Trinajstić information content (AvgIpc) is 3.48. The molecule has 39 heavy (non-hydrogen) atoms. The van der Waals surface area contributed by atoms with Gasteiger partial charge in [0, 0.05) is 17.3 Å². The van der Waals surface area contributed by atoms with Crippen molar-refractivity contribution in [2.75, 3.05) is 18.5 Å². The summed E-state index contributed by atoms with van der Waals surface area (Å²) < 4.78 is 10.8. The lowest BCUT2D eigenvalue weighted by Gasteiger charge is -2.13. The number of furan rings is 1. The molecular weight excluding hydrogens is 548 g/mol. The van der Waals surface area contributed by atoms with E-state index >= 15 is 0 Å². The van der Waals surface area contributed by atoms with E-state index in [4.69, 9.17) is 20.8 Å². The number of aromatic carboxylic acids is 1. The van der Waals surface area contributed by atoms with Crippen LogP contribution < -0.4 is 5.32 Å². The second kappa shape index (κ2) is 12.0. The number of hydrogen-bond donors (Lipinski definition) is 2. The van der Waals surface area contributed by atoms with Gasteiger partial charge in [-0.15, -0.1) is 0 Å². The fourth-order valence-electron chi connectivity index (χ4n) is 3.53. The highest BCUT2D eigenvalue weighted by Crippen LogP contribution is 2.33. The number of amides is 3. The Morgan fingerprint density at radius 1 is 1.13 bits per heavy atom. The first kappa shape index (κ1) is 27.7. The van der Waals surface area contributed by atoms with Crippen molar-refractivity contribution >= 4 is 64.1 Å². The van der Waals surface area contributed by atoms with Crippen molar-refractivity contribution in [2.45, 2.75) is 13.3 Å². The lowest BCUT2D eigenvalue weighted by Crippen LogP contribution is -2.36. The van der Waals surface area contributed by atoms with E-state index in [0.717, 1.165) is 4.90 Å². The Kier molecular flexibility index (Phi) is 8.52. The molecular formula is C27H21ClN2O8S. The third kappa shape index (κ3) is 6.57. The molecule has 3 amide bonds. The summed E-state index contributed by atoms with van der Waals surface area (Å²) in [6.45, 7) is 1.52. The number of nitrogens with zero attached hydrogens (tertiary/aromatic N) is 1. The number of hydrogen-bond acceptors (Lipinski definition) is 8. The maximum atomic E-state index is 12.8. The van der Waals surface area contributed by atoms with Gasteiger partial charge in [-0.25, -0.2) is 9.59 Å². The minimum atomic E-state index is -1.08. The maximum absolute atomic E-state index is 12.8. The van der Waals surface area contributed by atoms with Gasteiger partial charge in [0.05, 0.1) is 27.7 Å². The van der Waals surface area contributed by atoms with Crippen LogP contribution in [0.4, 0.5) is 10.5 Å². The molecule has 0 aliphatic carbocycles. The quantitative estimate of drug-likeness (QED) is 0.251. The summed E-state index contributed by atoms with van der Waals surface area (Å²) in [5, 5.41) is 11.2. The third-order valence-electron chi connectivity index (χ3n) is 5.38. The number of anilines is 1. The molecule has 12 heteroatoms. The molecule has 200 valence electrons. The first-order valence-corrected chi connectivity index (χ1v) is 12.8. The predicted molar refractivity (Wildman–Crippen MR) is 144 cm³/mol. The number of benzene rings is 2. The lowest BCUT2D eigenvalue weighted by molar-refractivity contribution is -0.127. The summed E-state index contributed by atoms with van der Waals surface area (Å²) in [4.78, 5) is 62.2. The van der Waals surface area contributed by atoms with Gasteiger partial charge in [-0.3, -0.25) is 19.3 Å². The fourth-order valence-corrected chi connectivity index (χ4v) is 4.55. The smallest absolute Gasteiger partial charge is 0.339 e. The normalized spacial score (nSPS) is 14.1. The van der Waals surface area contributed by atoms with Gasteiger partial charge in [-0.1, -0.05) is 30.7 Å². The zero-order valence-electron chi connectivity index (χ0n) is 20.4. The van der Waals surface area contributed by atoms with Gasteiger partial charge >= 0.3 is 11.9 Å². The molecule has 2 heterocycles. The van der Waals surface area contributed by atoms with Crippen LogP contribution in [0.1, 0.15) is 39.8 Å². The van der Waals surface area contributed by atoms with E-state index in [2.05, 4.69) is 5.32 Å². The summed E-state index contributed by atoms with van der Waals surface area (Å²) in [6, 6.07) is 13.6. The molecule has 4 rings (SSSR count). The topological polar surface area (TPSA) is 143 Å². The number of thioether (sulfide) groups is 1. The van der Waals surface area contributed by atoms with E-state index in [0.29, 0.717) is 29.5 Å².